The molecule has 4 nitrogen and oxygen atoms in total. The van der Waals surface area contributed by atoms with Crippen LogP contribution in [-0.2, 0) is 6.54 Å². The lowest BCUT2D eigenvalue weighted by Gasteiger charge is -2.10. The van der Waals surface area contributed by atoms with E-state index in [2.05, 4.69) is 85.7 Å². The van der Waals surface area contributed by atoms with Crippen LogP contribution in [0, 0.1) is 0 Å². The molecule has 0 amide bonds. The third kappa shape index (κ3) is 3.81. The van der Waals surface area contributed by atoms with Gasteiger partial charge in [-0.05, 0) is 65.5 Å². The quantitative estimate of drug-likeness (QED) is 0.262. The molecule has 0 fully saturated rings. The Kier molecular flexibility index (Phi) is 5.26. The van der Waals surface area contributed by atoms with Gasteiger partial charge in [-0.25, -0.2) is 0 Å². The molecule has 34 heavy (non-hydrogen) atoms. The summed E-state index contributed by atoms with van der Waals surface area (Å²) in [5.74, 6) is 0.733. The fraction of sp³-hybridized carbons (Fsp3) is 0.103. The summed E-state index contributed by atoms with van der Waals surface area (Å²) in [6, 6.07) is 33.1. The van der Waals surface area contributed by atoms with Gasteiger partial charge in [0, 0.05) is 17.3 Å². The Balaban J connectivity index is 1.65. The largest absolute Gasteiger partial charge is 0.453 e. The van der Waals surface area contributed by atoms with E-state index in [4.69, 9.17) is 12.9 Å². The highest BCUT2D eigenvalue weighted by atomic mass is 31.1. The summed E-state index contributed by atoms with van der Waals surface area (Å²) in [5, 5.41) is 6.66. The van der Waals surface area contributed by atoms with Gasteiger partial charge in [0.25, 0.3) is 0 Å². The minimum atomic E-state index is -1.70. The molecule has 0 bridgehead atoms. The summed E-state index contributed by atoms with van der Waals surface area (Å²) in [5.41, 5.74) is 2.71. The SMILES string of the molecule is CN(C)Cc1cccc(Op2oc3ccc4ccccc4c3c3c(ccc4ccccc43)o2)c1. The van der Waals surface area contributed by atoms with Gasteiger partial charge in [0.05, 0.1) is 0 Å². The van der Waals surface area contributed by atoms with E-state index >= 15 is 0 Å². The number of nitrogens with zero attached hydrogens (tertiary/aromatic N) is 1. The zero-order valence-corrected chi connectivity index (χ0v) is 20.0. The molecule has 1 heterocycles. The van der Waals surface area contributed by atoms with E-state index in [0.29, 0.717) is 0 Å². The zero-order chi connectivity index (χ0) is 23.1. The molecule has 1 aromatic heterocycles. The maximum Gasteiger partial charge on any atom is 0.453 e. The molecule has 5 heteroatoms. The van der Waals surface area contributed by atoms with Gasteiger partial charge in [0.2, 0.25) is 0 Å². The van der Waals surface area contributed by atoms with Gasteiger partial charge in [-0.3, -0.25) is 0 Å². The van der Waals surface area contributed by atoms with E-state index in [1.165, 1.54) is 5.56 Å². The molecule has 168 valence electrons. The normalized spacial score (nSPS) is 11.6. The van der Waals surface area contributed by atoms with Crippen LogP contribution in [0.4, 0.5) is 0 Å². The zero-order valence-electron chi connectivity index (χ0n) is 19.1. The van der Waals surface area contributed by atoms with E-state index < -0.39 is 8.24 Å². The Labute approximate surface area is 198 Å². The van der Waals surface area contributed by atoms with Crippen molar-refractivity contribution in [2.75, 3.05) is 14.1 Å². The topological polar surface area (TPSA) is 38.8 Å². The Morgan fingerprint density at radius 1 is 0.676 bits per heavy atom. The van der Waals surface area contributed by atoms with Crippen molar-refractivity contribution in [1.29, 1.82) is 0 Å². The van der Waals surface area contributed by atoms with Crippen molar-refractivity contribution in [3.05, 3.63) is 103 Å². The van der Waals surface area contributed by atoms with E-state index in [9.17, 15) is 0 Å². The molecule has 0 saturated carbocycles. The molecule has 0 unspecified atom stereocenters. The van der Waals surface area contributed by atoms with Crippen LogP contribution < -0.4 is 4.52 Å². The van der Waals surface area contributed by atoms with Crippen molar-refractivity contribution in [2.24, 2.45) is 0 Å². The molecule has 6 aromatic rings. The van der Waals surface area contributed by atoms with Crippen molar-refractivity contribution >= 4 is 51.7 Å². The van der Waals surface area contributed by atoms with Crippen LogP contribution in [0.25, 0.3) is 43.5 Å². The van der Waals surface area contributed by atoms with Crippen LogP contribution in [0.5, 0.6) is 5.75 Å². The summed E-state index contributed by atoms with van der Waals surface area (Å²) in [7, 11) is 2.40. The predicted molar refractivity (Wildman–Crippen MR) is 141 cm³/mol. The van der Waals surface area contributed by atoms with Crippen molar-refractivity contribution in [3.8, 4) is 5.75 Å². The van der Waals surface area contributed by atoms with Crippen LogP contribution in [0.15, 0.2) is 105 Å². The van der Waals surface area contributed by atoms with Crippen LogP contribution in [0.3, 0.4) is 0 Å². The Morgan fingerprint density at radius 3 is 1.85 bits per heavy atom. The number of rotatable bonds is 4. The maximum absolute atomic E-state index is 6.43. The molecular weight excluding hydrogens is 441 g/mol. The number of hydrogen-bond donors (Lipinski definition) is 0. The lowest BCUT2D eigenvalue weighted by molar-refractivity contribution is 0.401. The third-order valence-corrected chi connectivity index (χ3v) is 7.01. The average molecular weight is 465 g/mol. The molecule has 0 atom stereocenters. The summed E-state index contributed by atoms with van der Waals surface area (Å²) in [4.78, 5) is 2.13. The third-order valence-electron chi connectivity index (χ3n) is 5.95. The fourth-order valence-electron chi connectivity index (χ4n) is 4.54. The van der Waals surface area contributed by atoms with Crippen LogP contribution >= 0.6 is 8.24 Å². The van der Waals surface area contributed by atoms with Crippen molar-refractivity contribution in [1.82, 2.24) is 4.90 Å². The lowest BCUT2D eigenvalue weighted by Crippen LogP contribution is -2.10. The maximum atomic E-state index is 6.43. The predicted octanol–water partition coefficient (Wildman–Crippen LogP) is 8.50. The van der Waals surface area contributed by atoms with Gasteiger partial charge in [0.15, 0.2) is 0 Å². The Hall–Kier alpha value is -3.72. The van der Waals surface area contributed by atoms with Gasteiger partial charge in [-0.1, -0.05) is 72.8 Å². The van der Waals surface area contributed by atoms with Crippen LogP contribution in [0.1, 0.15) is 5.56 Å². The standard InChI is InChI=1S/C29H24NO3P/c1-30(2)19-20-8-7-11-23(18-20)31-34-32-26-16-14-21-9-3-5-12-24(21)28(26)29-25-13-6-4-10-22(25)15-17-27(29)33-34/h3-18H,19H2,1-2H3. The highest BCUT2D eigenvalue weighted by Crippen LogP contribution is 2.41. The molecule has 0 aliphatic rings. The van der Waals surface area contributed by atoms with E-state index in [0.717, 1.165) is 55.8 Å². The minimum absolute atomic E-state index is 0.733. The monoisotopic (exact) mass is 465 g/mol. The second-order valence-electron chi connectivity index (χ2n) is 8.70. The van der Waals surface area contributed by atoms with Gasteiger partial charge in [-0.2, -0.15) is 0 Å². The number of fused-ring (bicyclic) bond motifs is 7. The van der Waals surface area contributed by atoms with Gasteiger partial charge < -0.3 is 17.8 Å². The lowest BCUT2D eigenvalue weighted by atomic mass is 9.99. The van der Waals surface area contributed by atoms with Crippen LogP contribution in [-0.4, -0.2) is 19.0 Å². The highest BCUT2D eigenvalue weighted by molar-refractivity contribution is 7.32. The highest BCUT2D eigenvalue weighted by Gasteiger charge is 2.14. The molecule has 0 spiro atoms. The second kappa shape index (κ2) is 8.57. The molecular formula is C29H24NO3P. The average Bonchev–Trinajstić information content (AvgIpc) is 3.00. The number of benzene rings is 5. The van der Waals surface area contributed by atoms with Gasteiger partial charge >= 0.3 is 8.24 Å². The Morgan fingerprint density at radius 2 is 1.26 bits per heavy atom. The summed E-state index contributed by atoms with van der Waals surface area (Å²) in [6.07, 6.45) is 0. The smallest absolute Gasteiger partial charge is 0.391 e. The molecule has 6 rings (SSSR count). The molecule has 0 aliphatic heterocycles. The summed E-state index contributed by atoms with van der Waals surface area (Å²) < 4.78 is 19.2. The molecule has 0 aliphatic carbocycles. The van der Waals surface area contributed by atoms with Crippen molar-refractivity contribution < 1.29 is 12.9 Å². The molecule has 0 saturated heterocycles. The summed E-state index contributed by atoms with van der Waals surface area (Å²) >= 11 is 0. The first-order valence-electron chi connectivity index (χ1n) is 11.3. The molecule has 5 aromatic carbocycles. The molecule has 0 radical (unpaired) electrons. The van der Waals surface area contributed by atoms with Gasteiger partial charge in [0.1, 0.15) is 16.9 Å². The van der Waals surface area contributed by atoms with Crippen molar-refractivity contribution in [2.45, 2.75) is 6.54 Å². The first-order valence-corrected chi connectivity index (χ1v) is 12.4. The van der Waals surface area contributed by atoms with Crippen LogP contribution in [0.2, 0.25) is 0 Å². The first kappa shape index (κ1) is 20.9. The summed E-state index contributed by atoms with van der Waals surface area (Å²) in [6.45, 7) is 0.834. The fourth-order valence-corrected chi connectivity index (χ4v) is 5.56. The number of hydrogen-bond acceptors (Lipinski definition) is 4. The van der Waals surface area contributed by atoms with Crippen molar-refractivity contribution in [3.63, 3.8) is 0 Å². The van der Waals surface area contributed by atoms with E-state index in [1.807, 2.05) is 30.3 Å². The van der Waals surface area contributed by atoms with Gasteiger partial charge in [-0.15, -0.1) is 0 Å². The minimum Gasteiger partial charge on any atom is -0.391 e. The molecule has 0 N–H and O–H groups in total. The second-order valence-corrected chi connectivity index (χ2v) is 9.70. The van der Waals surface area contributed by atoms with E-state index in [-0.39, 0.29) is 0 Å². The Bertz CT molecular complexity index is 1610. The van der Waals surface area contributed by atoms with E-state index in [1.54, 1.807) is 0 Å². The first-order chi connectivity index (χ1) is 16.7.